The van der Waals surface area contributed by atoms with E-state index in [0.717, 1.165) is 0 Å². The van der Waals surface area contributed by atoms with Crippen LogP contribution in [0.5, 0.6) is 0 Å². The molecule has 0 atom stereocenters. The van der Waals surface area contributed by atoms with Gasteiger partial charge in [0.2, 0.25) is 0 Å². The first-order valence-electron chi connectivity index (χ1n) is 7.29. The summed E-state index contributed by atoms with van der Waals surface area (Å²) in [4.78, 5) is 21.2. The first-order valence-corrected chi connectivity index (χ1v) is 7.29. The van der Waals surface area contributed by atoms with Gasteiger partial charge in [0.15, 0.2) is 0 Å². The van der Waals surface area contributed by atoms with E-state index < -0.39 is 0 Å². The fraction of sp³-hybridized carbons (Fsp3) is 0.125. The molecule has 0 aliphatic rings. The van der Waals surface area contributed by atoms with Crippen molar-refractivity contribution in [1.82, 2.24) is 24.1 Å². The van der Waals surface area contributed by atoms with Gasteiger partial charge < -0.3 is 9.67 Å². The van der Waals surface area contributed by atoms with E-state index in [2.05, 4.69) is 15.1 Å². The largest absolute Gasteiger partial charge is 0.395 e. The maximum absolute atomic E-state index is 13.3. The predicted octanol–water partition coefficient (Wildman–Crippen LogP) is 1.24. The summed E-state index contributed by atoms with van der Waals surface area (Å²) in [7, 11) is 0. The third-order valence-electron chi connectivity index (χ3n) is 3.80. The lowest BCUT2D eigenvalue weighted by atomic mass is 10.1. The van der Waals surface area contributed by atoms with Crippen molar-refractivity contribution in [3.63, 3.8) is 0 Å². The molecule has 0 amide bonds. The Hall–Kier alpha value is -3.13. The summed E-state index contributed by atoms with van der Waals surface area (Å²) in [5.74, 6) is -0.0224. The quantitative estimate of drug-likeness (QED) is 0.612. The second-order valence-electron chi connectivity index (χ2n) is 5.24. The van der Waals surface area contributed by atoms with Gasteiger partial charge >= 0.3 is 0 Å². The second kappa shape index (κ2) is 5.50. The van der Waals surface area contributed by atoms with Crippen LogP contribution in [0.2, 0.25) is 0 Å². The molecule has 8 heteroatoms. The van der Waals surface area contributed by atoms with Gasteiger partial charge in [0, 0.05) is 18.3 Å². The van der Waals surface area contributed by atoms with Gasteiger partial charge in [-0.1, -0.05) is 0 Å². The van der Waals surface area contributed by atoms with Crippen LogP contribution in [0.1, 0.15) is 0 Å². The number of nitrogens with zero attached hydrogens (tertiary/aromatic N) is 5. The molecule has 0 saturated heterocycles. The molecule has 24 heavy (non-hydrogen) atoms. The van der Waals surface area contributed by atoms with Crippen LogP contribution < -0.4 is 5.56 Å². The molecule has 0 bridgehead atoms. The number of aliphatic hydroxyl groups excluding tert-OH is 1. The summed E-state index contributed by atoms with van der Waals surface area (Å²) in [6, 6.07) is 7.48. The molecule has 1 aromatic carbocycles. The van der Waals surface area contributed by atoms with Crippen LogP contribution >= 0.6 is 0 Å². The van der Waals surface area contributed by atoms with E-state index in [1.165, 1.54) is 27.5 Å². The van der Waals surface area contributed by atoms with E-state index in [-0.39, 0.29) is 24.5 Å². The van der Waals surface area contributed by atoms with Crippen LogP contribution in [-0.2, 0) is 6.54 Å². The van der Waals surface area contributed by atoms with Crippen LogP contribution in [0.25, 0.3) is 27.9 Å². The molecule has 0 saturated carbocycles. The normalized spacial score (nSPS) is 11.4. The van der Waals surface area contributed by atoms with E-state index >= 15 is 0 Å². The van der Waals surface area contributed by atoms with Crippen LogP contribution in [0, 0.1) is 5.82 Å². The average molecular weight is 325 g/mol. The van der Waals surface area contributed by atoms with Gasteiger partial charge in [0.25, 0.3) is 11.3 Å². The number of hydrogen-bond acceptors (Lipinski definition) is 5. The predicted molar refractivity (Wildman–Crippen MR) is 85.0 cm³/mol. The number of benzene rings is 1. The minimum absolute atomic E-state index is 0.156. The highest BCUT2D eigenvalue weighted by Gasteiger charge is 2.17. The van der Waals surface area contributed by atoms with Crippen molar-refractivity contribution in [1.29, 1.82) is 0 Å². The summed E-state index contributed by atoms with van der Waals surface area (Å²) in [5.41, 5.74) is 1.28. The van der Waals surface area contributed by atoms with Gasteiger partial charge in [-0.3, -0.25) is 4.79 Å². The van der Waals surface area contributed by atoms with Crippen molar-refractivity contribution in [3.05, 3.63) is 59.0 Å². The highest BCUT2D eigenvalue weighted by atomic mass is 19.1. The number of pyridine rings is 1. The Morgan fingerprint density at radius 2 is 1.96 bits per heavy atom. The molecule has 0 fully saturated rings. The highest BCUT2D eigenvalue weighted by Crippen LogP contribution is 2.25. The van der Waals surface area contributed by atoms with Crippen molar-refractivity contribution in [2.24, 2.45) is 0 Å². The van der Waals surface area contributed by atoms with Gasteiger partial charge in [0.05, 0.1) is 23.2 Å². The lowest BCUT2D eigenvalue weighted by Gasteiger charge is -2.10. The van der Waals surface area contributed by atoms with E-state index in [1.54, 1.807) is 24.4 Å². The van der Waals surface area contributed by atoms with Crippen LogP contribution in [-0.4, -0.2) is 35.9 Å². The van der Waals surface area contributed by atoms with E-state index in [4.69, 9.17) is 5.11 Å². The minimum atomic E-state index is -0.371. The van der Waals surface area contributed by atoms with Crippen molar-refractivity contribution in [2.45, 2.75) is 6.54 Å². The molecule has 1 N–H and O–H groups in total. The van der Waals surface area contributed by atoms with Gasteiger partial charge in [-0.2, -0.15) is 14.6 Å². The molecule has 120 valence electrons. The zero-order valence-corrected chi connectivity index (χ0v) is 12.4. The Kier molecular flexibility index (Phi) is 3.31. The topological polar surface area (TPSA) is 85.3 Å². The summed E-state index contributed by atoms with van der Waals surface area (Å²) in [6.07, 6.45) is 2.93. The summed E-state index contributed by atoms with van der Waals surface area (Å²) in [6.45, 7) is 0.0172. The summed E-state index contributed by atoms with van der Waals surface area (Å²) < 4.78 is 16.1. The molecule has 0 aliphatic heterocycles. The maximum Gasteiger partial charge on any atom is 0.262 e. The third-order valence-corrected chi connectivity index (χ3v) is 3.80. The van der Waals surface area contributed by atoms with Gasteiger partial charge in [-0.15, -0.1) is 0 Å². The minimum Gasteiger partial charge on any atom is -0.395 e. The smallest absolute Gasteiger partial charge is 0.262 e. The molecule has 3 aromatic heterocycles. The number of aliphatic hydroxyl groups is 1. The van der Waals surface area contributed by atoms with Gasteiger partial charge in [0.1, 0.15) is 12.1 Å². The molecule has 0 spiro atoms. The maximum atomic E-state index is 13.3. The fourth-order valence-electron chi connectivity index (χ4n) is 2.72. The lowest BCUT2D eigenvalue weighted by Crippen LogP contribution is -2.22. The van der Waals surface area contributed by atoms with E-state index in [9.17, 15) is 9.18 Å². The number of aromatic nitrogens is 5. The van der Waals surface area contributed by atoms with Crippen molar-refractivity contribution in [3.8, 4) is 11.3 Å². The number of hydrogen-bond donors (Lipinski definition) is 1. The fourth-order valence-corrected chi connectivity index (χ4v) is 2.72. The van der Waals surface area contributed by atoms with Crippen molar-refractivity contribution < 1.29 is 9.50 Å². The van der Waals surface area contributed by atoms with Crippen LogP contribution in [0.15, 0.2) is 47.7 Å². The Morgan fingerprint density at radius 1 is 1.17 bits per heavy atom. The first-order chi connectivity index (χ1) is 11.7. The first kappa shape index (κ1) is 14.5. The molecule has 7 nitrogen and oxygen atoms in total. The molecule has 0 radical (unpaired) electrons. The van der Waals surface area contributed by atoms with Crippen molar-refractivity contribution >= 4 is 16.7 Å². The summed E-state index contributed by atoms with van der Waals surface area (Å²) in [5, 5.41) is 13.6. The summed E-state index contributed by atoms with van der Waals surface area (Å²) >= 11 is 0. The van der Waals surface area contributed by atoms with E-state index in [1.807, 2.05) is 0 Å². The molecule has 4 rings (SSSR count). The van der Waals surface area contributed by atoms with Crippen molar-refractivity contribution in [2.75, 3.05) is 6.61 Å². The number of rotatable bonds is 3. The second-order valence-corrected chi connectivity index (χ2v) is 5.24. The Bertz CT molecular complexity index is 1100. The highest BCUT2D eigenvalue weighted by molar-refractivity contribution is 5.93. The average Bonchev–Trinajstić information content (AvgIpc) is 3.05. The standard InChI is InChI=1S/C16H12FN5O2/c17-11-3-1-10(2-4-11)14-13-12(20-16-18-9-19-22(14)16)5-6-21(7-8-23)15(13)24/h1-6,9,23H,7-8H2. The van der Waals surface area contributed by atoms with E-state index in [0.29, 0.717) is 27.9 Å². The lowest BCUT2D eigenvalue weighted by molar-refractivity contribution is 0.274. The molecular formula is C16H12FN5O2. The van der Waals surface area contributed by atoms with Crippen LogP contribution in [0.4, 0.5) is 4.39 Å². The monoisotopic (exact) mass is 325 g/mol. The zero-order valence-electron chi connectivity index (χ0n) is 12.4. The number of fused-ring (bicyclic) bond motifs is 2. The molecule has 3 heterocycles. The Morgan fingerprint density at radius 3 is 2.71 bits per heavy atom. The van der Waals surface area contributed by atoms with Gasteiger partial charge in [-0.05, 0) is 30.3 Å². The molecule has 4 aromatic rings. The SMILES string of the molecule is O=c1c2c(-c3ccc(F)cc3)n3ncnc3nc2ccn1CCO. The van der Waals surface area contributed by atoms with Gasteiger partial charge in [-0.25, -0.2) is 9.37 Å². The molecule has 0 aliphatic carbocycles. The zero-order chi connectivity index (χ0) is 16.7. The molecular weight excluding hydrogens is 313 g/mol. The van der Waals surface area contributed by atoms with Crippen LogP contribution in [0.3, 0.4) is 0 Å². The molecule has 0 unspecified atom stereocenters. The Balaban J connectivity index is 2.16. The Labute approximate surface area is 134 Å². The number of halogens is 1. The third kappa shape index (κ3) is 2.16.